The zero-order valence-corrected chi connectivity index (χ0v) is 23.3. The normalized spacial score (nSPS) is 15.2. The Kier molecular flexibility index (Phi) is 5.62. The van der Waals surface area contributed by atoms with Crippen LogP contribution in [0.15, 0.2) is 91.3 Å². The number of imidazole rings is 1. The van der Waals surface area contributed by atoms with Crippen LogP contribution in [0.2, 0.25) is 0 Å². The van der Waals surface area contributed by atoms with Gasteiger partial charge >= 0.3 is 0 Å². The molecule has 0 fully saturated rings. The van der Waals surface area contributed by atoms with Crippen molar-refractivity contribution in [3.8, 4) is 16.8 Å². The summed E-state index contributed by atoms with van der Waals surface area (Å²) in [4.78, 5) is 0. The first-order valence-electron chi connectivity index (χ1n) is 12.0. The van der Waals surface area contributed by atoms with E-state index in [0.29, 0.717) is 0 Å². The van der Waals surface area contributed by atoms with E-state index in [9.17, 15) is 0 Å². The topological polar surface area (TPSA) is 9.86 Å². The third-order valence-electron chi connectivity index (χ3n) is 7.84. The number of aromatic nitrogens is 2. The predicted molar refractivity (Wildman–Crippen MR) is 142 cm³/mol. The number of rotatable bonds is 2. The average Bonchev–Trinajstić information content (AvgIpc) is 3.20. The van der Waals surface area contributed by atoms with Crippen molar-refractivity contribution in [1.29, 1.82) is 0 Å². The zero-order valence-electron chi connectivity index (χ0n) is 20.9. The standard InChI is InChI=1S/C32H30N2.Ir/c1-31(2)25-10-6-7-11-26(25)32(3,4)28-20-23(16-19-27(28)31)22-14-17-24(18-15-22)34-21-33(5)29-12-8-9-13-30(29)34;/h6-17,19-21H,1-5H3;. The first-order valence-corrected chi connectivity index (χ1v) is 12.0. The summed E-state index contributed by atoms with van der Waals surface area (Å²) < 4.78 is 4.36. The van der Waals surface area contributed by atoms with Gasteiger partial charge in [-0.05, 0) is 34.4 Å². The predicted octanol–water partition coefficient (Wildman–Crippen LogP) is 7.68. The molecule has 0 saturated heterocycles. The van der Waals surface area contributed by atoms with Crippen molar-refractivity contribution in [3.63, 3.8) is 0 Å². The van der Waals surface area contributed by atoms with Crippen LogP contribution in [0.1, 0.15) is 49.9 Å². The number of fused-ring (bicyclic) bond motifs is 3. The van der Waals surface area contributed by atoms with E-state index in [4.69, 9.17) is 0 Å². The minimum absolute atomic E-state index is 0. The number of para-hydroxylation sites is 2. The first-order chi connectivity index (χ1) is 16.3. The number of aryl methyl sites for hydroxylation is 1. The van der Waals surface area contributed by atoms with Gasteiger partial charge in [0.05, 0.1) is 0 Å². The van der Waals surface area contributed by atoms with E-state index in [1.54, 1.807) is 0 Å². The molecule has 0 saturated carbocycles. The van der Waals surface area contributed by atoms with Crippen molar-refractivity contribution in [2.24, 2.45) is 7.05 Å². The summed E-state index contributed by atoms with van der Waals surface area (Å²) >= 11 is 0. The number of nitrogens with zero attached hydrogens (tertiary/aromatic N) is 2. The van der Waals surface area contributed by atoms with Gasteiger partial charge in [-0.15, -0.1) is 17.7 Å². The maximum Gasteiger partial charge on any atom is 0.188 e. The molecule has 1 heterocycles. The van der Waals surface area contributed by atoms with Gasteiger partial charge in [0, 0.05) is 55.8 Å². The number of benzene rings is 4. The van der Waals surface area contributed by atoms with E-state index in [2.05, 4.69) is 141 Å². The van der Waals surface area contributed by atoms with Gasteiger partial charge in [0.1, 0.15) is 0 Å². The average molecular weight is 635 g/mol. The summed E-state index contributed by atoms with van der Waals surface area (Å²) in [6.07, 6.45) is 2.12. The molecule has 0 bridgehead atoms. The van der Waals surface area contributed by atoms with Crippen LogP contribution in [0.3, 0.4) is 0 Å². The Morgan fingerprint density at radius 2 is 1.23 bits per heavy atom. The van der Waals surface area contributed by atoms with Gasteiger partial charge in [0.25, 0.3) is 0 Å². The molecule has 6 rings (SSSR count). The monoisotopic (exact) mass is 635 g/mol. The molecule has 0 aliphatic heterocycles. The molecule has 4 aromatic carbocycles. The molecule has 2 nitrogen and oxygen atoms in total. The van der Waals surface area contributed by atoms with Gasteiger partial charge in [-0.3, -0.25) is 0 Å². The van der Waals surface area contributed by atoms with Gasteiger partial charge < -0.3 is 0 Å². The van der Waals surface area contributed by atoms with E-state index in [-0.39, 0.29) is 30.9 Å². The van der Waals surface area contributed by atoms with Gasteiger partial charge in [-0.2, -0.15) is 12.1 Å². The Balaban J connectivity index is 0.00000253. The quantitative estimate of drug-likeness (QED) is 0.176. The molecule has 177 valence electrons. The Hall–Kier alpha value is -3.00. The van der Waals surface area contributed by atoms with Crippen molar-refractivity contribution in [1.82, 2.24) is 9.13 Å². The molecule has 1 aliphatic rings. The molecule has 0 atom stereocenters. The van der Waals surface area contributed by atoms with E-state index in [0.717, 1.165) is 5.69 Å². The molecular formula is C32H30IrN2. The second-order valence-electron chi connectivity index (χ2n) is 10.6. The maximum atomic E-state index is 3.54. The third kappa shape index (κ3) is 3.52. The Bertz CT molecular complexity index is 1550. The minimum Gasteiger partial charge on any atom is -0.248 e. The molecule has 0 N–H and O–H groups in total. The summed E-state index contributed by atoms with van der Waals surface area (Å²) in [5, 5.41) is 0. The first kappa shape index (κ1) is 23.7. The van der Waals surface area contributed by atoms with Crippen LogP contribution < -0.4 is 0 Å². The summed E-state index contributed by atoms with van der Waals surface area (Å²) in [6.45, 7) is 9.42. The fourth-order valence-electron chi connectivity index (χ4n) is 5.85. The Morgan fingerprint density at radius 1 is 0.657 bits per heavy atom. The van der Waals surface area contributed by atoms with E-state index in [1.165, 1.54) is 44.4 Å². The molecular weight excluding hydrogens is 605 g/mol. The number of hydrogen-bond donors (Lipinski definition) is 0. The van der Waals surface area contributed by atoms with Gasteiger partial charge in [-0.25, -0.2) is 9.13 Å². The van der Waals surface area contributed by atoms with Crippen LogP contribution in [-0.2, 0) is 38.0 Å². The van der Waals surface area contributed by atoms with Crippen LogP contribution in [0.4, 0.5) is 0 Å². The van der Waals surface area contributed by atoms with Crippen molar-refractivity contribution in [2.45, 2.75) is 38.5 Å². The van der Waals surface area contributed by atoms with Crippen LogP contribution in [0.25, 0.3) is 27.8 Å². The molecule has 1 aromatic heterocycles. The second-order valence-corrected chi connectivity index (χ2v) is 10.6. The molecule has 0 unspecified atom stereocenters. The maximum absolute atomic E-state index is 3.54. The smallest absolute Gasteiger partial charge is 0.188 e. The fourth-order valence-corrected chi connectivity index (χ4v) is 5.85. The van der Waals surface area contributed by atoms with Crippen LogP contribution >= 0.6 is 0 Å². The van der Waals surface area contributed by atoms with Crippen molar-refractivity contribution >= 4 is 11.0 Å². The Morgan fingerprint density at radius 3 is 1.89 bits per heavy atom. The molecule has 35 heavy (non-hydrogen) atoms. The summed E-state index contributed by atoms with van der Waals surface area (Å²) in [6, 6.07) is 34.5. The molecule has 0 amide bonds. The minimum atomic E-state index is -0.0417. The molecule has 1 radical (unpaired) electrons. The van der Waals surface area contributed by atoms with Gasteiger partial charge in [0.15, 0.2) is 17.4 Å². The zero-order chi connectivity index (χ0) is 23.7. The van der Waals surface area contributed by atoms with Crippen LogP contribution in [-0.4, -0.2) is 9.13 Å². The van der Waals surface area contributed by atoms with E-state index in [1.807, 2.05) is 0 Å². The largest absolute Gasteiger partial charge is 0.248 e. The van der Waals surface area contributed by atoms with Crippen LogP contribution in [0.5, 0.6) is 0 Å². The van der Waals surface area contributed by atoms with Crippen LogP contribution in [0, 0.1) is 6.07 Å². The second kappa shape index (κ2) is 8.29. The number of hydrogen-bond acceptors (Lipinski definition) is 0. The fraction of sp³-hybridized carbons (Fsp3) is 0.219. The van der Waals surface area contributed by atoms with Crippen molar-refractivity contribution < 1.29 is 20.1 Å². The third-order valence-corrected chi connectivity index (χ3v) is 7.84. The molecule has 1 aliphatic carbocycles. The van der Waals surface area contributed by atoms with E-state index >= 15 is 0 Å². The summed E-state index contributed by atoms with van der Waals surface area (Å²) in [7, 11) is 2.09. The summed E-state index contributed by atoms with van der Waals surface area (Å²) in [5.74, 6) is 0. The van der Waals surface area contributed by atoms with Gasteiger partial charge in [-0.1, -0.05) is 75.7 Å². The molecule has 3 heteroatoms. The molecule has 0 spiro atoms. The summed E-state index contributed by atoms with van der Waals surface area (Å²) in [5.41, 5.74) is 11.5. The SMILES string of the molecule is Cn1[cH+]n(-c2[c-]cc(-c3ccc4c(c3)C(C)(C)c3ccccc3C4(C)C)cc2)c2ccccc21.[Ir]. The van der Waals surface area contributed by atoms with Crippen molar-refractivity contribution in [3.05, 3.63) is 120 Å². The van der Waals surface area contributed by atoms with Gasteiger partial charge in [0.2, 0.25) is 0 Å². The Labute approximate surface area is 221 Å². The molecule has 5 aromatic rings. The van der Waals surface area contributed by atoms with E-state index < -0.39 is 0 Å². The van der Waals surface area contributed by atoms with Crippen molar-refractivity contribution in [2.75, 3.05) is 0 Å².